The molecule has 0 bridgehead atoms. The van der Waals surface area contributed by atoms with Gasteiger partial charge < -0.3 is 10.1 Å². The van der Waals surface area contributed by atoms with E-state index in [0.717, 1.165) is 29.4 Å². The number of ether oxygens (including phenoxy) is 1. The molecule has 0 saturated carbocycles. The molecule has 0 unspecified atom stereocenters. The first-order chi connectivity index (χ1) is 8.74. The average molecular weight is 312 g/mol. The third kappa shape index (κ3) is 2.93. The van der Waals surface area contributed by atoms with Crippen LogP contribution in [0.3, 0.4) is 0 Å². The van der Waals surface area contributed by atoms with Gasteiger partial charge in [0, 0.05) is 10.5 Å². The Morgan fingerprint density at radius 3 is 2.83 bits per heavy atom. The highest BCUT2D eigenvalue weighted by atomic mass is 79.9. The molecule has 2 atom stereocenters. The summed E-state index contributed by atoms with van der Waals surface area (Å²) in [4.78, 5) is 12.1. The summed E-state index contributed by atoms with van der Waals surface area (Å²) in [7, 11) is 1.45. The summed E-state index contributed by atoms with van der Waals surface area (Å²) >= 11 is 3.53. The third-order valence-electron chi connectivity index (χ3n) is 3.45. The smallest absolute Gasteiger partial charge is 0.314 e. The van der Waals surface area contributed by atoms with Crippen molar-refractivity contribution in [3.63, 3.8) is 0 Å². The number of benzene rings is 1. The van der Waals surface area contributed by atoms with E-state index in [4.69, 9.17) is 4.74 Å². The Balaban J connectivity index is 2.30. The Labute approximate surface area is 116 Å². The van der Waals surface area contributed by atoms with E-state index >= 15 is 0 Å². The molecule has 3 nitrogen and oxygen atoms in total. The van der Waals surface area contributed by atoms with Gasteiger partial charge in [0.15, 0.2) is 0 Å². The summed E-state index contributed by atoms with van der Waals surface area (Å²) in [6, 6.07) is 8.04. The van der Waals surface area contributed by atoms with Crippen LogP contribution in [0.25, 0.3) is 0 Å². The second-order valence-corrected chi connectivity index (χ2v) is 5.43. The van der Waals surface area contributed by atoms with Gasteiger partial charge in [-0.15, -0.1) is 0 Å². The van der Waals surface area contributed by atoms with Crippen LogP contribution in [0.1, 0.15) is 30.7 Å². The molecule has 1 aromatic rings. The molecule has 98 valence electrons. The number of rotatable bonds is 3. The molecule has 4 heteroatoms. The molecule has 0 aliphatic carbocycles. The van der Waals surface area contributed by atoms with Crippen molar-refractivity contribution >= 4 is 21.9 Å². The van der Waals surface area contributed by atoms with Crippen molar-refractivity contribution in [1.29, 1.82) is 0 Å². The number of esters is 1. The monoisotopic (exact) mass is 311 g/mol. The number of carbonyl (C=O) groups excluding carboxylic acids is 1. The van der Waals surface area contributed by atoms with Crippen molar-refractivity contribution in [1.82, 2.24) is 5.32 Å². The van der Waals surface area contributed by atoms with Gasteiger partial charge in [-0.2, -0.15) is 0 Å². The minimum atomic E-state index is -0.231. The number of halogens is 1. The SMILES string of the molecule is COC(=O)[C@H](c1ccccc1Br)[C@H]1CCCCN1. The van der Waals surface area contributed by atoms with Gasteiger partial charge in [0.1, 0.15) is 0 Å². The molecule has 2 rings (SSSR count). The van der Waals surface area contributed by atoms with Crippen molar-refractivity contribution < 1.29 is 9.53 Å². The standard InChI is InChI=1S/C14H18BrNO2/c1-18-14(17)13(12-8-4-5-9-16-12)10-6-2-3-7-11(10)15/h2-3,6-7,12-13,16H,4-5,8-9H2,1H3/t12-,13-/m1/s1. The number of nitrogens with one attached hydrogen (secondary N) is 1. The van der Waals surface area contributed by atoms with Crippen LogP contribution in [-0.4, -0.2) is 25.7 Å². The first kappa shape index (κ1) is 13.6. The Hall–Kier alpha value is -0.870. The number of hydrogen-bond donors (Lipinski definition) is 1. The molecule has 1 fully saturated rings. The Morgan fingerprint density at radius 2 is 2.22 bits per heavy atom. The van der Waals surface area contributed by atoms with E-state index in [2.05, 4.69) is 21.2 Å². The van der Waals surface area contributed by atoms with Gasteiger partial charge in [0.25, 0.3) is 0 Å². The molecule has 1 aromatic carbocycles. The first-order valence-electron chi connectivity index (χ1n) is 6.29. The van der Waals surface area contributed by atoms with Gasteiger partial charge >= 0.3 is 5.97 Å². The maximum atomic E-state index is 12.1. The van der Waals surface area contributed by atoms with Crippen LogP contribution in [0.15, 0.2) is 28.7 Å². The molecule has 1 saturated heterocycles. The van der Waals surface area contributed by atoms with Crippen LogP contribution in [0.5, 0.6) is 0 Å². The van der Waals surface area contributed by atoms with Gasteiger partial charge in [-0.1, -0.05) is 40.5 Å². The maximum absolute atomic E-state index is 12.1. The predicted octanol–water partition coefficient (Wildman–Crippen LogP) is 2.85. The van der Waals surface area contributed by atoms with E-state index in [1.807, 2.05) is 24.3 Å². The molecule has 1 N–H and O–H groups in total. The zero-order chi connectivity index (χ0) is 13.0. The highest BCUT2D eigenvalue weighted by molar-refractivity contribution is 9.10. The fourth-order valence-corrected chi connectivity index (χ4v) is 3.06. The van der Waals surface area contributed by atoms with Gasteiger partial charge in [-0.3, -0.25) is 4.79 Å². The molecule has 1 aliphatic heterocycles. The zero-order valence-corrected chi connectivity index (χ0v) is 12.1. The largest absolute Gasteiger partial charge is 0.469 e. The van der Waals surface area contributed by atoms with E-state index < -0.39 is 0 Å². The summed E-state index contributed by atoms with van der Waals surface area (Å²) in [5.41, 5.74) is 1.00. The van der Waals surface area contributed by atoms with E-state index in [1.54, 1.807) is 0 Å². The number of methoxy groups -OCH3 is 1. The van der Waals surface area contributed by atoms with Crippen LogP contribution < -0.4 is 5.32 Å². The minimum absolute atomic E-state index is 0.165. The topological polar surface area (TPSA) is 38.3 Å². The maximum Gasteiger partial charge on any atom is 0.314 e. The summed E-state index contributed by atoms with van der Waals surface area (Å²) in [6.07, 6.45) is 3.36. The third-order valence-corrected chi connectivity index (χ3v) is 4.17. The summed E-state index contributed by atoms with van der Waals surface area (Å²) in [6.45, 7) is 0.975. The highest BCUT2D eigenvalue weighted by Crippen LogP contribution is 2.31. The quantitative estimate of drug-likeness (QED) is 0.872. The average Bonchev–Trinajstić information content (AvgIpc) is 2.42. The van der Waals surface area contributed by atoms with E-state index in [9.17, 15) is 4.79 Å². The number of carbonyl (C=O) groups is 1. The molecule has 0 aromatic heterocycles. The van der Waals surface area contributed by atoms with E-state index in [-0.39, 0.29) is 17.9 Å². The first-order valence-corrected chi connectivity index (χ1v) is 7.09. The van der Waals surface area contributed by atoms with Crippen molar-refractivity contribution in [2.45, 2.75) is 31.2 Å². The lowest BCUT2D eigenvalue weighted by atomic mass is 9.86. The molecular formula is C14H18BrNO2. The van der Waals surface area contributed by atoms with Gasteiger partial charge in [0.2, 0.25) is 0 Å². The van der Waals surface area contributed by atoms with Crippen LogP contribution in [-0.2, 0) is 9.53 Å². The van der Waals surface area contributed by atoms with Crippen LogP contribution in [0.4, 0.5) is 0 Å². The van der Waals surface area contributed by atoms with Crippen molar-refractivity contribution in [3.8, 4) is 0 Å². The molecule has 18 heavy (non-hydrogen) atoms. The fourth-order valence-electron chi connectivity index (χ4n) is 2.53. The van der Waals surface area contributed by atoms with Crippen molar-refractivity contribution in [3.05, 3.63) is 34.3 Å². The predicted molar refractivity (Wildman–Crippen MR) is 74.5 cm³/mol. The summed E-state index contributed by atoms with van der Waals surface area (Å²) in [5.74, 6) is -0.396. The van der Waals surface area contributed by atoms with E-state index in [0.29, 0.717) is 0 Å². The van der Waals surface area contributed by atoms with Gasteiger partial charge in [-0.05, 0) is 31.0 Å². The Bertz CT molecular complexity index is 416. The fraction of sp³-hybridized carbons (Fsp3) is 0.500. The summed E-state index contributed by atoms with van der Waals surface area (Å²) < 4.78 is 5.94. The second-order valence-electron chi connectivity index (χ2n) is 4.58. The number of hydrogen-bond acceptors (Lipinski definition) is 3. The van der Waals surface area contributed by atoms with E-state index in [1.165, 1.54) is 13.5 Å². The minimum Gasteiger partial charge on any atom is -0.469 e. The Morgan fingerprint density at radius 1 is 1.44 bits per heavy atom. The van der Waals surface area contributed by atoms with Crippen LogP contribution in [0.2, 0.25) is 0 Å². The van der Waals surface area contributed by atoms with Gasteiger partial charge in [-0.25, -0.2) is 0 Å². The Kier molecular flexibility index (Phi) is 4.78. The number of piperidine rings is 1. The zero-order valence-electron chi connectivity index (χ0n) is 10.5. The van der Waals surface area contributed by atoms with Crippen LogP contribution in [0, 0.1) is 0 Å². The van der Waals surface area contributed by atoms with Gasteiger partial charge in [0.05, 0.1) is 13.0 Å². The lowest BCUT2D eigenvalue weighted by Crippen LogP contribution is -2.42. The molecular weight excluding hydrogens is 294 g/mol. The lowest BCUT2D eigenvalue weighted by Gasteiger charge is -2.30. The molecule has 1 heterocycles. The highest BCUT2D eigenvalue weighted by Gasteiger charge is 2.32. The molecule has 0 radical (unpaired) electrons. The van der Waals surface area contributed by atoms with Crippen molar-refractivity contribution in [2.75, 3.05) is 13.7 Å². The normalized spacial score (nSPS) is 21.3. The van der Waals surface area contributed by atoms with Crippen LogP contribution >= 0.6 is 15.9 Å². The molecule has 0 amide bonds. The second kappa shape index (κ2) is 6.34. The lowest BCUT2D eigenvalue weighted by molar-refractivity contribution is -0.143. The summed E-state index contributed by atoms with van der Waals surface area (Å²) in [5, 5.41) is 3.44. The van der Waals surface area contributed by atoms with Crippen molar-refractivity contribution in [2.24, 2.45) is 0 Å². The molecule has 0 spiro atoms. The molecule has 1 aliphatic rings.